The largest absolute Gasteiger partial charge is 0.573 e. The highest BCUT2D eigenvalue weighted by atomic mass is 32.1. The summed E-state index contributed by atoms with van der Waals surface area (Å²) in [6, 6.07) is 7.79. The van der Waals surface area contributed by atoms with E-state index in [9.17, 15) is 32.6 Å². The predicted molar refractivity (Wildman–Crippen MR) is 147 cm³/mol. The average molecular weight is 606 g/mol. The second-order valence-corrected chi connectivity index (χ2v) is 12.0. The van der Waals surface area contributed by atoms with Crippen molar-refractivity contribution in [3.63, 3.8) is 0 Å². The Labute approximate surface area is 241 Å². The van der Waals surface area contributed by atoms with Gasteiger partial charge in [0.2, 0.25) is 0 Å². The van der Waals surface area contributed by atoms with E-state index in [-0.39, 0.29) is 64.2 Å². The molecule has 0 spiro atoms. The number of thiazole rings is 1. The number of carboxylic acid groups (broad SMARTS) is 1. The zero-order chi connectivity index (χ0) is 29.8. The van der Waals surface area contributed by atoms with Gasteiger partial charge in [-0.1, -0.05) is 23.5 Å². The van der Waals surface area contributed by atoms with Gasteiger partial charge in [0.05, 0.1) is 28.7 Å². The number of carbonyl (C=O) groups is 1. The van der Waals surface area contributed by atoms with Crippen LogP contribution in [0.4, 0.5) is 22.7 Å². The molecule has 0 unspecified atom stereocenters. The highest BCUT2D eigenvalue weighted by molar-refractivity contribution is 7.22. The number of ether oxygens (including phenoxy) is 2. The van der Waals surface area contributed by atoms with Gasteiger partial charge >= 0.3 is 12.3 Å². The molecule has 8 nitrogen and oxygen atoms in total. The molecule has 13 heteroatoms. The lowest BCUT2D eigenvalue weighted by molar-refractivity contribution is -0.274. The van der Waals surface area contributed by atoms with Crippen LogP contribution in [0.15, 0.2) is 47.7 Å². The molecule has 3 aromatic rings. The minimum absolute atomic E-state index is 0.0275. The average Bonchev–Trinajstić information content (AvgIpc) is 3.39. The lowest BCUT2D eigenvalue weighted by Gasteiger charge is -2.21. The fourth-order valence-corrected chi connectivity index (χ4v) is 6.94. The fraction of sp³-hybridized carbons (Fsp3) is 0.414. The van der Waals surface area contributed by atoms with Crippen molar-refractivity contribution < 1.29 is 42.0 Å². The van der Waals surface area contributed by atoms with Crippen LogP contribution >= 0.6 is 11.3 Å². The summed E-state index contributed by atoms with van der Waals surface area (Å²) < 4.78 is 64.2. The van der Waals surface area contributed by atoms with E-state index >= 15 is 0 Å². The number of fused-ring (bicyclic) bond motifs is 2. The normalized spacial score (nSPS) is 22.8. The van der Waals surface area contributed by atoms with E-state index < -0.39 is 23.9 Å². The highest BCUT2D eigenvalue weighted by Crippen LogP contribution is 2.44. The lowest BCUT2D eigenvalue weighted by Crippen LogP contribution is -2.24. The number of halogens is 4. The first kappa shape index (κ1) is 28.4. The third-order valence-corrected chi connectivity index (χ3v) is 9.15. The molecule has 0 bridgehead atoms. The molecule has 0 amide bonds. The quantitative estimate of drug-likeness (QED) is 0.144. The molecule has 3 aliphatic rings. The number of para-hydroxylation sites is 1. The number of hydrogen-bond donors (Lipinski definition) is 3. The molecule has 1 saturated heterocycles. The summed E-state index contributed by atoms with van der Waals surface area (Å²) in [5.74, 6) is -2.01. The predicted octanol–water partition coefficient (Wildman–Crippen LogP) is 6.55. The topological polar surface area (TPSA) is 116 Å². The van der Waals surface area contributed by atoms with Crippen LogP contribution in [0.1, 0.15) is 41.6 Å². The van der Waals surface area contributed by atoms with Gasteiger partial charge in [0.25, 0.3) is 0 Å². The molecule has 1 aromatic heterocycles. The van der Waals surface area contributed by atoms with Crippen LogP contribution in [0.3, 0.4) is 0 Å². The van der Waals surface area contributed by atoms with Crippen LogP contribution in [0.25, 0.3) is 10.2 Å². The van der Waals surface area contributed by atoms with Gasteiger partial charge < -0.3 is 24.6 Å². The van der Waals surface area contributed by atoms with E-state index in [2.05, 4.69) is 14.6 Å². The summed E-state index contributed by atoms with van der Waals surface area (Å²) in [5.41, 5.74) is -0.163. The van der Waals surface area contributed by atoms with Crippen molar-refractivity contribution in [1.29, 1.82) is 5.41 Å². The van der Waals surface area contributed by atoms with Crippen molar-refractivity contribution >= 4 is 38.4 Å². The minimum atomic E-state index is -4.92. The number of aromatic nitrogens is 1. The van der Waals surface area contributed by atoms with E-state index in [0.29, 0.717) is 35.8 Å². The Hall–Kier alpha value is -3.71. The van der Waals surface area contributed by atoms with Crippen molar-refractivity contribution in [1.82, 2.24) is 4.98 Å². The monoisotopic (exact) mass is 605 g/mol. The van der Waals surface area contributed by atoms with Gasteiger partial charge in [-0.15, -0.1) is 13.2 Å². The third kappa shape index (κ3) is 5.80. The van der Waals surface area contributed by atoms with E-state index in [4.69, 9.17) is 10.1 Å². The maximum Gasteiger partial charge on any atom is 0.573 e. The number of aliphatic hydroxyl groups excluding tert-OH is 1. The lowest BCUT2D eigenvalue weighted by atomic mass is 9.99. The summed E-state index contributed by atoms with van der Waals surface area (Å²) in [5, 5.41) is 29.4. The summed E-state index contributed by atoms with van der Waals surface area (Å²) >= 11 is 1.25. The molecule has 3 N–H and O–H groups in total. The first-order chi connectivity index (χ1) is 20.0. The van der Waals surface area contributed by atoms with Gasteiger partial charge in [-0.2, -0.15) is 0 Å². The second-order valence-electron chi connectivity index (χ2n) is 11.0. The molecular formula is C29H27F4N3O5S. The first-order valence-electron chi connectivity index (χ1n) is 13.5. The van der Waals surface area contributed by atoms with Crippen molar-refractivity contribution in [2.75, 3.05) is 24.6 Å². The Kier molecular flexibility index (Phi) is 7.34. The number of benzene rings is 2. The van der Waals surface area contributed by atoms with Crippen molar-refractivity contribution in [3.8, 4) is 5.75 Å². The van der Waals surface area contributed by atoms with Gasteiger partial charge in [-0.25, -0.2) is 14.2 Å². The standard InChI is InChI=1S/C29H27F4N3O5S/c30-21-9-15(27(38)39)10-23-25(21)35-28(42-23)36-11-16-7-18(8-17(16)12-36)40-13-20(26(37)14-5-6-14)24(34)19-3-1-2-4-22(19)41-29(31,32)33/h1-4,9-10,14,16-18,34,37H,5-8,11-13H2,(H,38,39)/b26-20-,34-24?/t16-,17+,18+. The second kappa shape index (κ2) is 10.8. The number of alkyl halides is 3. The van der Waals surface area contributed by atoms with Gasteiger partial charge in [0, 0.05) is 30.1 Å². The molecule has 2 aliphatic carbocycles. The van der Waals surface area contributed by atoms with E-state index in [1.807, 2.05) is 0 Å². The van der Waals surface area contributed by atoms with Crippen LogP contribution in [-0.2, 0) is 4.74 Å². The molecule has 2 saturated carbocycles. The van der Waals surface area contributed by atoms with E-state index in [0.717, 1.165) is 25.0 Å². The molecule has 222 valence electrons. The Morgan fingerprint density at radius 3 is 2.45 bits per heavy atom. The molecule has 2 aromatic carbocycles. The van der Waals surface area contributed by atoms with Crippen LogP contribution < -0.4 is 9.64 Å². The Bertz CT molecular complexity index is 1570. The fourth-order valence-electron chi connectivity index (χ4n) is 5.90. The summed E-state index contributed by atoms with van der Waals surface area (Å²) in [6.07, 6.45) is -2.19. The number of anilines is 1. The number of aromatic carboxylic acids is 1. The van der Waals surface area contributed by atoms with E-state index in [1.54, 1.807) is 0 Å². The molecule has 1 aliphatic heterocycles. The number of nitrogens with zero attached hydrogens (tertiary/aromatic N) is 2. The van der Waals surface area contributed by atoms with Crippen molar-refractivity contribution in [2.45, 2.75) is 38.1 Å². The minimum Gasteiger partial charge on any atom is -0.512 e. The maximum atomic E-state index is 14.5. The van der Waals surface area contributed by atoms with Gasteiger partial charge in [0.15, 0.2) is 10.9 Å². The van der Waals surface area contributed by atoms with Gasteiger partial charge in [-0.05, 0) is 61.8 Å². The molecule has 3 atom stereocenters. The van der Waals surface area contributed by atoms with Gasteiger partial charge in [-0.3, -0.25) is 5.41 Å². The highest BCUT2D eigenvalue weighted by Gasteiger charge is 2.43. The number of nitrogens with one attached hydrogen (secondary N) is 1. The zero-order valence-corrected chi connectivity index (χ0v) is 23.0. The van der Waals surface area contributed by atoms with Gasteiger partial charge in [0.1, 0.15) is 17.0 Å². The van der Waals surface area contributed by atoms with Crippen LogP contribution in [-0.4, -0.2) is 59.0 Å². The van der Waals surface area contributed by atoms with Crippen molar-refractivity contribution in [2.24, 2.45) is 17.8 Å². The number of aliphatic hydroxyl groups is 1. The molecular weight excluding hydrogens is 578 g/mol. The summed E-state index contributed by atoms with van der Waals surface area (Å²) in [6.45, 7) is 1.23. The number of rotatable bonds is 9. The first-order valence-corrected chi connectivity index (χ1v) is 14.3. The molecule has 42 heavy (non-hydrogen) atoms. The van der Waals surface area contributed by atoms with Crippen LogP contribution in [0, 0.1) is 29.0 Å². The Morgan fingerprint density at radius 1 is 1.12 bits per heavy atom. The molecule has 2 heterocycles. The maximum absolute atomic E-state index is 14.5. The van der Waals surface area contributed by atoms with Crippen LogP contribution in [0.2, 0.25) is 0 Å². The Morgan fingerprint density at radius 2 is 1.81 bits per heavy atom. The SMILES string of the molecule is N=C(/C(CO[C@H]1C[C@@H]2CN(c3nc4c(F)cc(C(=O)O)cc4s3)C[C@@H]2C1)=C(\O)C1CC1)c1ccccc1OC(F)(F)F. The number of hydrogen-bond acceptors (Lipinski definition) is 8. The number of allylic oxidation sites excluding steroid dienone is 1. The van der Waals surface area contributed by atoms with Crippen LogP contribution in [0.5, 0.6) is 5.75 Å². The molecule has 0 radical (unpaired) electrons. The van der Waals surface area contributed by atoms with E-state index in [1.165, 1.54) is 35.6 Å². The molecule has 3 fully saturated rings. The zero-order valence-electron chi connectivity index (χ0n) is 22.2. The Balaban J connectivity index is 1.12. The number of carboxylic acids is 1. The summed E-state index contributed by atoms with van der Waals surface area (Å²) in [4.78, 5) is 17.8. The summed E-state index contributed by atoms with van der Waals surface area (Å²) in [7, 11) is 0. The molecule has 6 rings (SSSR count). The third-order valence-electron chi connectivity index (χ3n) is 8.08. The smallest absolute Gasteiger partial charge is 0.512 e. The van der Waals surface area contributed by atoms with Crippen molar-refractivity contribution in [3.05, 3.63) is 64.7 Å².